The second-order valence-corrected chi connectivity index (χ2v) is 7.23. The number of halogens is 2. The molecule has 1 aliphatic rings. The maximum Gasteiger partial charge on any atom is 0.407 e. The topological polar surface area (TPSA) is 95.9 Å². The number of alkyl halides is 2. The van der Waals surface area contributed by atoms with Crippen molar-refractivity contribution in [2.45, 2.75) is 24.8 Å². The Hall–Kier alpha value is -3.49. The van der Waals surface area contributed by atoms with Crippen LogP contribution in [0, 0.1) is 0 Å². The molecule has 1 unspecified atom stereocenters. The Bertz CT molecular complexity index is 936. The van der Waals surface area contributed by atoms with Gasteiger partial charge in [0.25, 0.3) is 6.43 Å². The third-order valence-corrected chi connectivity index (χ3v) is 5.10. The number of hydrogen-bond acceptors (Lipinski definition) is 4. The Labute approximate surface area is 177 Å². The second-order valence-electron chi connectivity index (χ2n) is 7.23. The molecule has 2 aromatic carbocycles. The fourth-order valence-corrected chi connectivity index (χ4v) is 3.72. The molecule has 31 heavy (non-hydrogen) atoms. The highest BCUT2D eigenvalue weighted by atomic mass is 19.3. The van der Waals surface area contributed by atoms with Crippen molar-refractivity contribution in [3.05, 3.63) is 59.7 Å². The highest BCUT2D eigenvalue weighted by Crippen LogP contribution is 2.44. The average Bonchev–Trinajstić information content (AvgIpc) is 3.04. The van der Waals surface area contributed by atoms with Crippen molar-refractivity contribution >= 4 is 18.0 Å². The highest BCUT2D eigenvalue weighted by Gasteiger charge is 2.31. The van der Waals surface area contributed by atoms with Gasteiger partial charge in [-0.2, -0.15) is 0 Å². The number of likely N-dealkylation sites (N-methyl/N-ethyl adjacent to an activating group) is 1. The normalized spacial score (nSPS) is 13.3. The summed E-state index contributed by atoms with van der Waals surface area (Å²) >= 11 is 0. The van der Waals surface area contributed by atoms with Gasteiger partial charge in [0, 0.05) is 13.0 Å². The highest BCUT2D eigenvalue weighted by molar-refractivity contribution is 5.89. The summed E-state index contributed by atoms with van der Waals surface area (Å²) < 4.78 is 30.4. The first-order valence-corrected chi connectivity index (χ1v) is 9.64. The molecule has 164 valence electrons. The van der Waals surface area contributed by atoms with Crippen LogP contribution in [-0.4, -0.2) is 60.6 Å². The van der Waals surface area contributed by atoms with Crippen LogP contribution in [0.4, 0.5) is 13.6 Å². The molecule has 0 saturated heterocycles. The fourth-order valence-electron chi connectivity index (χ4n) is 3.72. The summed E-state index contributed by atoms with van der Waals surface area (Å²) in [6.07, 6.45) is -4.53. The second kappa shape index (κ2) is 9.55. The van der Waals surface area contributed by atoms with Crippen molar-refractivity contribution in [1.29, 1.82) is 0 Å². The molecule has 0 radical (unpaired) electrons. The number of fused-ring (bicyclic) bond motifs is 3. The van der Waals surface area contributed by atoms with Gasteiger partial charge in [0.2, 0.25) is 5.91 Å². The summed E-state index contributed by atoms with van der Waals surface area (Å²) in [7, 11) is 1.11. The molecular weight excluding hydrogens is 410 g/mol. The lowest BCUT2D eigenvalue weighted by Crippen LogP contribution is -2.49. The number of nitrogens with one attached hydrogen (secondary N) is 1. The largest absolute Gasteiger partial charge is 0.481 e. The minimum absolute atomic E-state index is 0.0271. The van der Waals surface area contributed by atoms with E-state index >= 15 is 0 Å². The van der Waals surface area contributed by atoms with E-state index in [0.717, 1.165) is 29.3 Å². The van der Waals surface area contributed by atoms with E-state index in [-0.39, 0.29) is 12.5 Å². The Morgan fingerprint density at radius 1 is 1.06 bits per heavy atom. The smallest absolute Gasteiger partial charge is 0.407 e. The van der Waals surface area contributed by atoms with E-state index in [1.165, 1.54) is 0 Å². The van der Waals surface area contributed by atoms with Gasteiger partial charge in [-0.05, 0) is 22.3 Å². The Morgan fingerprint density at radius 3 is 2.13 bits per heavy atom. The van der Waals surface area contributed by atoms with Crippen molar-refractivity contribution < 1.29 is 33.0 Å². The zero-order valence-electron chi connectivity index (χ0n) is 16.8. The van der Waals surface area contributed by atoms with Crippen molar-refractivity contribution in [1.82, 2.24) is 10.2 Å². The van der Waals surface area contributed by atoms with Crippen LogP contribution in [0.2, 0.25) is 0 Å². The summed E-state index contributed by atoms with van der Waals surface area (Å²) in [5, 5.41) is 11.2. The zero-order valence-corrected chi connectivity index (χ0v) is 16.8. The lowest BCUT2D eigenvalue weighted by Gasteiger charge is -2.23. The third-order valence-electron chi connectivity index (χ3n) is 5.10. The van der Waals surface area contributed by atoms with E-state index in [4.69, 9.17) is 9.84 Å². The van der Waals surface area contributed by atoms with Gasteiger partial charge in [-0.3, -0.25) is 9.59 Å². The standard InChI is InChI=1S/C22H22F2N2O5/c1-26(11-19(23)24)21(29)18(10-20(27)28)25-22(30)31-12-17-15-8-4-2-6-13(15)14-7-3-5-9-16(14)17/h2-9,17-19H,10-12H2,1H3,(H,25,30)(H,27,28). The lowest BCUT2D eigenvalue weighted by atomic mass is 9.98. The molecule has 1 atom stereocenters. The molecule has 0 spiro atoms. The number of alkyl carbamates (subject to hydrolysis) is 1. The maximum absolute atomic E-state index is 12.5. The molecule has 2 N–H and O–H groups in total. The number of benzene rings is 2. The van der Waals surface area contributed by atoms with Gasteiger partial charge >= 0.3 is 12.1 Å². The van der Waals surface area contributed by atoms with Crippen molar-refractivity contribution in [2.75, 3.05) is 20.2 Å². The van der Waals surface area contributed by atoms with Crippen LogP contribution in [0.25, 0.3) is 11.1 Å². The van der Waals surface area contributed by atoms with Crippen LogP contribution < -0.4 is 5.32 Å². The van der Waals surface area contributed by atoms with E-state index in [9.17, 15) is 23.2 Å². The fraction of sp³-hybridized carbons (Fsp3) is 0.318. The molecule has 0 fully saturated rings. The minimum Gasteiger partial charge on any atom is -0.481 e. The average molecular weight is 432 g/mol. The number of carboxylic acids is 1. The van der Waals surface area contributed by atoms with Crippen LogP contribution in [0.5, 0.6) is 0 Å². The number of carboxylic acid groups (broad SMARTS) is 1. The van der Waals surface area contributed by atoms with E-state index in [2.05, 4.69) is 5.32 Å². The first-order chi connectivity index (χ1) is 14.8. The molecule has 9 heteroatoms. The van der Waals surface area contributed by atoms with Crippen molar-refractivity contribution in [3.8, 4) is 11.1 Å². The van der Waals surface area contributed by atoms with E-state index < -0.39 is 43.4 Å². The number of nitrogens with zero attached hydrogens (tertiary/aromatic N) is 1. The van der Waals surface area contributed by atoms with Crippen LogP contribution in [0.15, 0.2) is 48.5 Å². The zero-order chi connectivity index (χ0) is 22.5. The predicted molar refractivity (Wildman–Crippen MR) is 108 cm³/mol. The monoisotopic (exact) mass is 432 g/mol. The molecule has 7 nitrogen and oxygen atoms in total. The summed E-state index contributed by atoms with van der Waals surface area (Å²) in [6, 6.07) is 13.9. The van der Waals surface area contributed by atoms with E-state index in [0.29, 0.717) is 4.90 Å². The summed E-state index contributed by atoms with van der Waals surface area (Å²) in [5.41, 5.74) is 4.07. The Kier molecular flexibility index (Phi) is 6.84. The molecule has 2 aromatic rings. The van der Waals surface area contributed by atoms with Crippen LogP contribution >= 0.6 is 0 Å². The van der Waals surface area contributed by atoms with Crippen molar-refractivity contribution in [2.24, 2.45) is 0 Å². The van der Waals surface area contributed by atoms with Crippen LogP contribution in [-0.2, 0) is 14.3 Å². The number of hydrogen-bond donors (Lipinski definition) is 2. The number of aliphatic carboxylic acids is 1. The van der Waals surface area contributed by atoms with Gasteiger partial charge < -0.3 is 20.1 Å². The molecule has 0 saturated carbocycles. The van der Waals surface area contributed by atoms with E-state index in [1.54, 1.807) is 0 Å². The van der Waals surface area contributed by atoms with Crippen molar-refractivity contribution in [3.63, 3.8) is 0 Å². The number of ether oxygens (including phenoxy) is 1. The minimum atomic E-state index is -2.78. The predicted octanol–water partition coefficient (Wildman–Crippen LogP) is 3.09. The summed E-state index contributed by atoms with van der Waals surface area (Å²) in [5.74, 6) is -2.51. The van der Waals surface area contributed by atoms with Gasteiger partial charge in [-0.25, -0.2) is 13.6 Å². The molecular formula is C22H22F2N2O5. The molecule has 3 rings (SSSR count). The molecule has 0 aromatic heterocycles. The number of carbonyl (C=O) groups excluding carboxylic acids is 2. The quantitative estimate of drug-likeness (QED) is 0.668. The summed E-state index contributed by atoms with van der Waals surface area (Å²) in [4.78, 5) is 36.4. The molecule has 2 amide bonds. The summed E-state index contributed by atoms with van der Waals surface area (Å²) in [6.45, 7) is -0.901. The third kappa shape index (κ3) is 5.17. The molecule has 0 heterocycles. The number of rotatable bonds is 8. The van der Waals surface area contributed by atoms with E-state index in [1.807, 2.05) is 48.5 Å². The van der Waals surface area contributed by atoms with Crippen LogP contribution in [0.3, 0.4) is 0 Å². The molecule has 1 aliphatic carbocycles. The Morgan fingerprint density at radius 2 is 1.61 bits per heavy atom. The molecule has 0 bridgehead atoms. The SMILES string of the molecule is CN(CC(F)F)C(=O)C(CC(=O)O)NC(=O)OCC1c2ccccc2-c2ccccc21. The first-order valence-electron chi connectivity index (χ1n) is 9.64. The van der Waals surface area contributed by atoms with Gasteiger partial charge in [0.1, 0.15) is 12.6 Å². The van der Waals surface area contributed by atoms with Gasteiger partial charge in [-0.15, -0.1) is 0 Å². The van der Waals surface area contributed by atoms with Gasteiger partial charge in [-0.1, -0.05) is 48.5 Å². The number of carbonyl (C=O) groups is 3. The molecule has 0 aliphatic heterocycles. The van der Waals surface area contributed by atoms with Gasteiger partial charge in [0.15, 0.2) is 0 Å². The first kappa shape index (κ1) is 22.2. The maximum atomic E-state index is 12.5. The Balaban J connectivity index is 1.68. The number of amides is 2. The van der Waals surface area contributed by atoms with Gasteiger partial charge in [0.05, 0.1) is 13.0 Å². The lowest BCUT2D eigenvalue weighted by molar-refractivity contribution is -0.142. The van der Waals surface area contributed by atoms with Crippen LogP contribution in [0.1, 0.15) is 23.5 Å².